The van der Waals surface area contributed by atoms with Gasteiger partial charge in [-0.15, -0.1) is 0 Å². The van der Waals surface area contributed by atoms with Crippen LogP contribution in [0.5, 0.6) is 0 Å². The summed E-state index contributed by atoms with van der Waals surface area (Å²) >= 11 is 0. The first-order chi connectivity index (χ1) is 11.0. The largest absolute Gasteiger partial charge is 0.440 e. The minimum absolute atomic E-state index is 0.272. The molecule has 0 fully saturated rings. The zero-order valence-corrected chi connectivity index (χ0v) is 14.0. The fraction of sp³-hybridized carbons (Fsp3) is 0.286. The molecule has 118 valence electrons. The van der Waals surface area contributed by atoms with E-state index in [4.69, 9.17) is 9.40 Å². The minimum atomic E-state index is 0.272. The molecule has 0 N–H and O–H groups in total. The molecule has 0 saturated heterocycles. The highest BCUT2D eigenvalue weighted by molar-refractivity contribution is 5.76. The molecular formula is C21H23NO. The van der Waals surface area contributed by atoms with E-state index in [9.17, 15) is 0 Å². The third-order valence-electron chi connectivity index (χ3n) is 3.84. The van der Waals surface area contributed by atoms with Crippen LogP contribution in [0, 0.1) is 5.41 Å². The summed E-state index contributed by atoms with van der Waals surface area (Å²) in [4.78, 5) is 4.79. The lowest BCUT2D eigenvalue weighted by Crippen LogP contribution is -2.06. The summed E-state index contributed by atoms with van der Waals surface area (Å²) in [6, 6.07) is 20.5. The van der Waals surface area contributed by atoms with E-state index < -0.39 is 0 Å². The number of rotatable bonds is 4. The van der Waals surface area contributed by atoms with Gasteiger partial charge in [0, 0.05) is 17.5 Å². The number of hydrogen-bond acceptors (Lipinski definition) is 2. The Labute approximate surface area is 138 Å². The third kappa shape index (κ3) is 3.89. The molecule has 0 aliphatic carbocycles. The van der Waals surface area contributed by atoms with E-state index in [1.54, 1.807) is 0 Å². The van der Waals surface area contributed by atoms with Crippen LogP contribution in [0.2, 0.25) is 0 Å². The third-order valence-corrected chi connectivity index (χ3v) is 3.84. The van der Waals surface area contributed by atoms with Gasteiger partial charge in [0.15, 0.2) is 11.7 Å². The monoisotopic (exact) mass is 305 g/mol. The molecule has 2 aromatic carbocycles. The highest BCUT2D eigenvalue weighted by Crippen LogP contribution is 2.33. The molecule has 3 aromatic rings. The second-order valence-corrected chi connectivity index (χ2v) is 7.08. The molecule has 0 aliphatic heterocycles. The average Bonchev–Trinajstić information content (AvgIpc) is 2.98. The Bertz CT molecular complexity index is 695. The van der Waals surface area contributed by atoms with Crippen LogP contribution in [0.15, 0.2) is 65.1 Å². The van der Waals surface area contributed by atoms with Gasteiger partial charge in [-0.2, -0.15) is 0 Å². The van der Waals surface area contributed by atoms with Crippen LogP contribution in [-0.4, -0.2) is 4.98 Å². The van der Waals surface area contributed by atoms with E-state index >= 15 is 0 Å². The Morgan fingerprint density at radius 3 is 1.96 bits per heavy atom. The average molecular weight is 305 g/mol. The number of aryl methyl sites for hydroxylation is 1. The van der Waals surface area contributed by atoms with Crippen molar-refractivity contribution in [2.24, 2.45) is 5.41 Å². The van der Waals surface area contributed by atoms with Crippen molar-refractivity contribution < 1.29 is 4.42 Å². The van der Waals surface area contributed by atoms with Crippen molar-refractivity contribution in [2.75, 3.05) is 0 Å². The standard InChI is InChI=1S/C21H23NO/c1-21(2,3)15-14-18-22-19(16-10-6-4-7-11-16)20(23-18)17-12-8-5-9-13-17/h4-13H,14-15H2,1-3H3. The maximum Gasteiger partial charge on any atom is 0.195 e. The maximum absolute atomic E-state index is 6.14. The van der Waals surface area contributed by atoms with Gasteiger partial charge in [0.1, 0.15) is 5.69 Å². The van der Waals surface area contributed by atoms with E-state index in [-0.39, 0.29) is 5.41 Å². The van der Waals surface area contributed by atoms with Crippen LogP contribution >= 0.6 is 0 Å². The molecule has 0 saturated carbocycles. The van der Waals surface area contributed by atoms with Gasteiger partial charge in [0.2, 0.25) is 0 Å². The van der Waals surface area contributed by atoms with Gasteiger partial charge < -0.3 is 4.42 Å². The summed E-state index contributed by atoms with van der Waals surface area (Å²) in [7, 11) is 0. The number of benzene rings is 2. The van der Waals surface area contributed by atoms with Crippen molar-refractivity contribution in [3.05, 3.63) is 66.6 Å². The molecule has 0 spiro atoms. The number of aromatic nitrogens is 1. The van der Waals surface area contributed by atoms with Gasteiger partial charge >= 0.3 is 0 Å². The first-order valence-electron chi connectivity index (χ1n) is 8.13. The predicted molar refractivity (Wildman–Crippen MR) is 95.2 cm³/mol. The fourth-order valence-electron chi connectivity index (χ4n) is 2.53. The molecule has 1 heterocycles. The second kappa shape index (κ2) is 6.41. The van der Waals surface area contributed by atoms with Crippen LogP contribution in [0.25, 0.3) is 22.6 Å². The van der Waals surface area contributed by atoms with Gasteiger partial charge in [-0.05, 0) is 11.8 Å². The molecule has 0 amide bonds. The summed E-state index contributed by atoms with van der Waals surface area (Å²) in [5, 5.41) is 0. The summed E-state index contributed by atoms with van der Waals surface area (Å²) in [5.74, 6) is 1.68. The number of oxazole rings is 1. The number of hydrogen-bond donors (Lipinski definition) is 0. The predicted octanol–water partition coefficient (Wildman–Crippen LogP) is 5.99. The second-order valence-electron chi connectivity index (χ2n) is 7.08. The topological polar surface area (TPSA) is 26.0 Å². The molecule has 0 bridgehead atoms. The van der Waals surface area contributed by atoms with Crippen LogP contribution < -0.4 is 0 Å². The Balaban J connectivity index is 2.01. The highest BCUT2D eigenvalue weighted by Gasteiger charge is 2.18. The zero-order valence-electron chi connectivity index (χ0n) is 14.0. The van der Waals surface area contributed by atoms with Crippen molar-refractivity contribution in [1.82, 2.24) is 4.98 Å². The fourth-order valence-corrected chi connectivity index (χ4v) is 2.53. The summed E-state index contributed by atoms with van der Waals surface area (Å²) in [6.45, 7) is 6.73. The van der Waals surface area contributed by atoms with E-state index in [2.05, 4.69) is 45.0 Å². The molecule has 2 heteroatoms. The molecule has 0 aliphatic rings. The Morgan fingerprint density at radius 2 is 1.39 bits per heavy atom. The van der Waals surface area contributed by atoms with Gasteiger partial charge in [-0.25, -0.2) is 4.98 Å². The van der Waals surface area contributed by atoms with Crippen molar-refractivity contribution in [2.45, 2.75) is 33.6 Å². The van der Waals surface area contributed by atoms with E-state index in [1.165, 1.54) is 0 Å². The Kier molecular flexibility index (Phi) is 4.33. The normalized spacial score (nSPS) is 11.6. The first kappa shape index (κ1) is 15.5. The van der Waals surface area contributed by atoms with E-state index in [1.807, 2.05) is 36.4 Å². The van der Waals surface area contributed by atoms with Crippen molar-refractivity contribution >= 4 is 0 Å². The van der Waals surface area contributed by atoms with Gasteiger partial charge in [-0.1, -0.05) is 81.4 Å². The lowest BCUT2D eigenvalue weighted by Gasteiger charge is -2.16. The Morgan fingerprint density at radius 1 is 0.826 bits per heavy atom. The molecular weight excluding hydrogens is 282 g/mol. The van der Waals surface area contributed by atoms with Crippen LogP contribution in [0.1, 0.15) is 33.1 Å². The lowest BCUT2D eigenvalue weighted by molar-refractivity contribution is 0.356. The van der Waals surface area contributed by atoms with Crippen molar-refractivity contribution in [3.8, 4) is 22.6 Å². The van der Waals surface area contributed by atoms with Crippen molar-refractivity contribution in [1.29, 1.82) is 0 Å². The van der Waals surface area contributed by atoms with Crippen molar-refractivity contribution in [3.63, 3.8) is 0 Å². The van der Waals surface area contributed by atoms with Crippen LogP contribution in [0.4, 0.5) is 0 Å². The maximum atomic E-state index is 6.14. The first-order valence-corrected chi connectivity index (χ1v) is 8.13. The zero-order chi connectivity index (χ0) is 16.3. The molecule has 1 aromatic heterocycles. The van der Waals surface area contributed by atoms with E-state index in [0.717, 1.165) is 41.3 Å². The summed E-state index contributed by atoms with van der Waals surface area (Å²) in [6.07, 6.45) is 1.91. The number of nitrogens with zero attached hydrogens (tertiary/aromatic N) is 1. The molecule has 0 unspecified atom stereocenters. The van der Waals surface area contributed by atoms with Crippen LogP contribution in [-0.2, 0) is 6.42 Å². The smallest absolute Gasteiger partial charge is 0.195 e. The molecule has 0 atom stereocenters. The quantitative estimate of drug-likeness (QED) is 0.592. The molecule has 3 rings (SSSR count). The SMILES string of the molecule is CC(C)(C)CCc1nc(-c2ccccc2)c(-c2ccccc2)o1. The highest BCUT2D eigenvalue weighted by atomic mass is 16.4. The van der Waals surface area contributed by atoms with Crippen LogP contribution in [0.3, 0.4) is 0 Å². The van der Waals surface area contributed by atoms with E-state index in [0.29, 0.717) is 0 Å². The minimum Gasteiger partial charge on any atom is -0.440 e. The van der Waals surface area contributed by atoms with Gasteiger partial charge in [0.05, 0.1) is 0 Å². The lowest BCUT2D eigenvalue weighted by atomic mass is 9.91. The summed E-state index contributed by atoms with van der Waals surface area (Å²) < 4.78 is 6.14. The summed E-state index contributed by atoms with van der Waals surface area (Å²) in [5.41, 5.74) is 3.37. The Hall–Kier alpha value is -2.35. The molecule has 0 radical (unpaired) electrons. The molecule has 2 nitrogen and oxygen atoms in total. The van der Waals surface area contributed by atoms with Gasteiger partial charge in [0.25, 0.3) is 0 Å². The molecule has 23 heavy (non-hydrogen) atoms. The van der Waals surface area contributed by atoms with Gasteiger partial charge in [-0.3, -0.25) is 0 Å².